The number of sulfonamides is 1. The molecule has 1 aromatic rings. The molecule has 0 heterocycles. The summed E-state index contributed by atoms with van der Waals surface area (Å²) in [4.78, 5) is 0.308. The molecule has 5 heteroatoms. The summed E-state index contributed by atoms with van der Waals surface area (Å²) in [6.07, 6.45) is 0. The average Bonchev–Trinajstić information content (AvgIpc) is 2.27. The summed E-state index contributed by atoms with van der Waals surface area (Å²) in [7, 11) is -3.43. The minimum Gasteiger partial charge on any atom is -0.399 e. The number of nitrogens with zero attached hydrogens (tertiary/aromatic N) is 1. The second kappa shape index (κ2) is 6.39. The number of benzene rings is 1. The average molecular weight is 284 g/mol. The molecule has 108 valence electrons. The highest BCUT2D eigenvalue weighted by molar-refractivity contribution is 7.89. The van der Waals surface area contributed by atoms with Crippen LogP contribution < -0.4 is 5.73 Å². The van der Waals surface area contributed by atoms with Gasteiger partial charge in [0.1, 0.15) is 0 Å². The van der Waals surface area contributed by atoms with Crippen LogP contribution in [0.4, 0.5) is 5.69 Å². The third-order valence-corrected chi connectivity index (χ3v) is 4.50. The molecule has 0 atom stereocenters. The Morgan fingerprint density at radius 2 is 1.42 bits per heavy atom. The molecule has 0 amide bonds. The Bertz CT molecular complexity index is 483. The van der Waals surface area contributed by atoms with Crippen molar-refractivity contribution in [1.82, 2.24) is 4.31 Å². The van der Waals surface area contributed by atoms with Gasteiger partial charge in [-0.2, -0.15) is 4.31 Å². The Morgan fingerprint density at radius 1 is 1.00 bits per heavy atom. The molecular weight excluding hydrogens is 260 g/mol. The van der Waals surface area contributed by atoms with Crippen LogP contribution in [0, 0.1) is 11.8 Å². The maximum atomic E-state index is 12.6. The molecule has 0 radical (unpaired) electrons. The van der Waals surface area contributed by atoms with Gasteiger partial charge in [-0.1, -0.05) is 27.7 Å². The third-order valence-electron chi connectivity index (χ3n) is 2.66. The highest BCUT2D eigenvalue weighted by atomic mass is 32.2. The maximum absolute atomic E-state index is 12.6. The van der Waals surface area contributed by atoms with Crippen LogP contribution in [0.25, 0.3) is 0 Å². The Labute approximate surface area is 116 Å². The van der Waals surface area contributed by atoms with Crippen molar-refractivity contribution >= 4 is 15.7 Å². The first-order valence-electron chi connectivity index (χ1n) is 6.59. The van der Waals surface area contributed by atoms with E-state index in [-0.39, 0.29) is 0 Å². The number of nitrogens with two attached hydrogens (primary N) is 1. The highest BCUT2D eigenvalue weighted by Crippen LogP contribution is 2.19. The van der Waals surface area contributed by atoms with Crippen LogP contribution in [0.3, 0.4) is 0 Å². The first kappa shape index (κ1) is 16.0. The normalized spacial score (nSPS) is 12.6. The lowest BCUT2D eigenvalue weighted by Crippen LogP contribution is -2.37. The summed E-state index contributed by atoms with van der Waals surface area (Å²) in [6, 6.07) is 6.38. The van der Waals surface area contributed by atoms with Gasteiger partial charge < -0.3 is 5.73 Å². The topological polar surface area (TPSA) is 63.4 Å². The van der Waals surface area contributed by atoms with Crippen molar-refractivity contribution < 1.29 is 8.42 Å². The summed E-state index contributed by atoms with van der Waals surface area (Å²) >= 11 is 0. The van der Waals surface area contributed by atoms with Gasteiger partial charge in [-0.05, 0) is 36.1 Å². The lowest BCUT2D eigenvalue weighted by Gasteiger charge is -2.25. The zero-order valence-corrected chi connectivity index (χ0v) is 12.9. The molecule has 1 rings (SSSR count). The second-order valence-electron chi connectivity index (χ2n) is 5.68. The van der Waals surface area contributed by atoms with Crippen LogP contribution in [0.2, 0.25) is 0 Å². The predicted octanol–water partition coefficient (Wildman–Crippen LogP) is 2.57. The van der Waals surface area contributed by atoms with Gasteiger partial charge >= 0.3 is 0 Å². The molecule has 0 unspecified atom stereocenters. The zero-order chi connectivity index (χ0) is 14.6. The van der Waals surface area contributed by atoms with E-state index in [1.54, 1.807) is 28.6 Å². The molecule has 0 spiro atoms. The van der Waals surface area contributed by atoms with E-state index in [4.69, 9.17) is 5.73 Å². The van der Waals surface area contributed by atoms with Crippen LogP contribution >= 0.6 is 0 Å². The van der Waals surface area contributed by atoms with Gasteiger partial charge in [-0.3, -0.25) is 0 Å². The van der Waals surface area contributed by atoms with Gasteiger partial charge in [0.05, 0.1) is 4.90 Å². The second-order valence-corrected chi connectivity index (χ2v) is 7.62. The van der Waals surface area contributed by atoms with E-state index in [9.17, 15) is 8.42 Å². The number of hydrogen-bond acceptors (Lipinski definition) is 3. The van der Waals surface area contributed by atoms with E-state index in [2.05, 4.69) is 0 Å². The van der Waals surface area contributed by atoms with Gasteiger partial charge in [0, 0.05) is 18.8 Å². The fourth-order valence-electron chi connectivity index (χ4n) is 1.87. The van der Waals surface area contributed by atoms with Crippen LogP contribution in [0.5, 0.6) is 0 Å². The van der Waals surface area contributed by atoms with E-state index >= 15 is 0 Å². The van der Waals surface area contributed by atoms with E-state index in [0.29, 0.717) is 35.5 Å². The summed E-state index contributed by atoms with van der Waals surface area (Å²) < 4.78 is 26.8. The van der Waals surface area contributed by atoms with E-state index < -0.39 is 10.0 Å². The van der Waals surface area contributed by atoms with Gasteiger partial charge in [0.25, 0.3) is 0 Å². The molecule has 2 N–H and O–H groups in total. The first-order valence-corrected chi connectivity index (χ1v) is 8.03. The Kier molecular flexibility index (Phi) is 5.38. The summed E-state index contributed by atoms with van der Waals surface area (Å²) in [5.74, 6) is 0.588. The maximum Gasteiger partial charge on any atom is 0.243 e. The third kappa shape index (κ3) is 4.51. The Morgan fingerprint density at radius 3 is 1.79 bits per heavy atom. The molecule has 0 saturated heterocycles. The summed E-state index contributed by atoms with van der Waals surface area (Å²) in [5, 5.41) is 0. The quantitative estimate of drug-likeness (QED) is 0.817. The van der Waals surface area contributed by atoms with Crippen molar-refractivity contribution in [2.45, 2.75) is 32.6 Å². The van der Waals surface area contributed by atoms with E-state index in [1.807, 2.05) is 27.7 Å². The van der Waals surface area contributed by atoms with E-state index in [0.717, 1.165) is 0 Å². The molecular formula is C14H24N2O2S. The van der Waals surface area contributed by atoms with Crippen LogP contribution in [-0.2, 0) is 10.0 Å². The van der Waals surface area contributed by atoms with Crippen molar-refractivity contribution in [2.24, 2.45) is 11.8 Å². The van der Waals surface area contributed by atoms with Gasteiger partial charge in [-0.25, -0.2) is 8.42 Å². The van der Waals surface area contributed by atoms with Crippen molar-refractivity contribution in [3.63, 3.8) is 0 Å². The summed E-state index contributed by atoms with van der Waals surface area (Å²) in [5.41, 5.74) is 6.17. The number of hydrogen-bond donors (Lipinski definition) is 1. The molecule has 0 aliphatic heterocycles. The Balaban J connectivity index is 3.07. The lowest BCUT2D eigenvalue weighted by atomic mass is 10.2. The summed E-state index contributed by atoms with van der Waals surface area (Å²) in [6.45, 7) is 9.14. The number of rotatable bonds is 6. The van der Waals surface area contributed by atoms with Gasteiger partial charge in [-0.15, -0.1) is 0 Å². The molecule has 0 saturated carbocycles. The molecule has 1 aromatic carbocycles. The van der Waals surface area contributed by atoms with Crippen LogP contribution in [0.1, 0.15) is 27.7 Å². The SMILES string of the molecule is CC(C)CN(CC(C)C)S(=O)(=O)c1ccc(N)cc1. The molecule has 0 fully saturated rings. The minimum atomic E-state index is -3.43. The minimum absolute atomic E-state index is 0.294. The van der Waals surface area contributed by atoms with Crippen molar-refractivity contribution in [2.75, 3.05) is 18.8 Å². The Hall–Kier alpha value is -1.07. The lowest BCUT2D eigenvalue weighted by molar-refractivity contribution is 0.333. The largest absolute Gasteiger partial charge is 0.399 e. The monoisotopic (exact) mass is 284 g/mol. The molecule has 19 heavy (non-hydrogen) atoms. The van der Waals surface area contributed by atoms with Gasteiger partial charge in [0.2, 0.25) is 10.0 Å². The molecule has 0 bridgehead atoms. The number of nitrogen functional groups attached to an aromatic ring is 1. The van der Waals surface area contributed by atoms with Crippen molar-refractivity contribution in [3.8, 4) is 0 Å². The standard InChI is InChI=1S/C14H24N2O2S/c1-11(2)9-16(10-12(3)4)19(17,18)14-7-5-13(15)6-8-14/h5-8,11-12H,9-10,15H2,1-4H3. The van der Waals surface area contributed by atoms with Crippen molar-refractivity contribution in [3.05, 3.63) is 24.3 Å². The first-order chi connectivity index (χ1) is 8.73. The fourth-order valence-corrected chi connectivity index (χ4v) is 3.64. The smallest absolute Gasteiger partial charge is 0.243 e. The molecule has 0 aliphatic rings. The van der Waals surface area contributed by atoms with E-state index in [1.165, 1.54) is 0 Å². The molecule has 4 nitrogen and oxygen atoms in total. The zero-order valence-electron chi connectivity index (χ0n) is 12.1. The molecule has 0 aliphatic carbocycles. The molecule has 0 aromatic heterocycles. The fraction of sp³-hybridized carbons (Fsp3) is 0.571. The van der Waals surface area contributed by atoms with Crippen LogP contribution in [-0.4, -0.2) is 25.8 Å². The van der Waals surface area contributed by atoms with Crippen LogP contribution in [0.15, 0.2) is 29.2 Å². The highest BCUT2D eigenvalue weighted by Gasteiger charge is 2.25. The predicted molar refractivity (Wildman–Crippen MR) is 79.3 cm³/mol. The number of anilines is 1. The van der Waals surface area contributed by atoms with Gasteiger partial charge in [0.15, 0.2) is 0 Å². The van der Waals surface area contributed by atoms with Crippen molar-refractivity contribution in [1.29, 1.82) is 0 Å².